The average Bonchev–Trinajstić information content (AvgIpc) is 2.65. The molecule has 0 aliphatic heterocycles. The molecule has 0 radical (unpaired) electrons. The summed E-state index contributed by atoms with van der Waals surface area (Å²) < 4.78 is 16.0. The second-order valence-corrected chi connectivity index (χ2v) is 6.38. The molecule has 0 bridgehead atoms. The Balaban J connectivity index is 2.73. The maximum absolute atomic E-state index is 12.2. The summed E-state index contributed by atoms with van der Waals surface area (Å²) in [5.74, 6) is -0.857. The molecule has 1 atom stereocenters. The quantitative estimate of drug-likeness (QED) is 0.569. The lowest BCUT2D eigenvalue weighted by atomic mass is 10.2. The van der Waals surface area contributed by atoms with Crippen LogP contribution in [-0.4, -0.2) is 43.8 Å². The fourth-order valence-corrected chi connectivity index (χ4v) is 2.30. The van der Waals surface area contributed by atoms with Crippen LogP contribution >= 0.6 is 11.6 Å². The van der Waals surface area contributed by atoms with Gasteiger partial charge in [-0.25, -0.2) is 9.59 Å². The van der Waals surface area contributed by atoms with Crippen molar-refractivity contribution in [1.82, 2.24) is 10.6 Å². The van der Waals surface area contributed by atoms with Gasteiger partial charge in [0.05, 0.1) is 23.8 Å². The lowest BCUT2D eigenvalue weighted by molar-refractivity contribution is -0.123. The van der Waals surface area contributed by atoms with Crippen LogP contribution in [0.5, 0.6) is 11.5 Å². The van der Waals surface area contributed by atoms with Crippen molar-refractivity contribution in [3.05, 3.63) is 22.7 Å². The Morgan fingerprint density at radius 2 is 1.86 bits per heavy atom. The van der Waals surface area contributed by atoms with Crippen LogP contribution in [0.15, 0.2) is 12.1 Å². The van der Waals surface area contributed by atoms with Crippen LogP contribution in [0.4, 0.5) is 4.79 Å². The molecule has 0 saturated heterocycles. The van der Waals surface area contributed by atoms with E-state index in [-0.39, 0.29) is 16.6 Å². The maximum atomic E-state index is 12.2. The zero-order valence-electron chi connectivity index (χ0n) is 16.6. The average molecular weight is 415 g/mol. The first-order chi connectivity index (χ1) is 13.3. The fourth-order valence-electron chi connectivity index (χ4n) is 2.03. The number of hydrogen-bond donors (Lipinski definition) is 2. The smallest absolute Gasteiger partial charge is 0.338 e. The Bertz CT molecular complexity index is 695. The number of amides is 3. The van der Waals surface area contributed by atoms with Crippen LogP contribution in [-0.2, 0) is 9.53 Å². The molecule has 2 N–H and O–H groups in total. The normalized spacial score (nSPS) is 11.3. The second kappa shape index (κ2) is 12.1. The van der Waals surface area contributed by atoms with Gasteiger partial charge in [-0.15, -0.1) is 0 Å². The predicted molar refractivity (Wildman–Crippen MR) is 105 cm³/mol. The summed E-state index contributed by atoms with van der Waals surface area (Å²) in [7, 11) is 0. The van der Waals surface area contributed by atoms with Gasteiger partial charge in [0.25, 0.3) is 5.91 Å². The van der Waals surface area contributed by atoms with Crippen LogP contribution in [0.2, 0.25) is 5.02 Å². The molecule has 1 aromatic rings. The van der Waals surface area contributed by atoms with Crippen molar-refractivity contribution in [3.8, 4) is 11.5 Å². The van der Waals surface area contributed by atoms with Gasteiger partial charge in [-0.05, 0) is 38.8 Å². The molecule has 156 valence electrons. The molecule has 28 heavy (non-hydrogen) atoms. The number of carbonyl (C=O) groups is 3. The van der Waals surface area contributed by atoms with E-state index in [4.69, 9.17) is 25.8 Å². The first kappa shape index (κ1) is 23.6. The summed E-state index contributed by atoms with van der Waals surface area (Å²) in [6.45, 7) is 7.63. The van der Waals surface area contributed by atoms with Crippen molar-refractivity contribution in [2.24, 2.45) is 0 Å². The Morgan fingerprint density at radius 3 is 2.46 bits per heavy atom. The van der Waals surface area contributed by atoms with Crippen molar-refractivity contribution in [1.29, 1.82) is 0 Å². The van der Waals surface area contributed by atoms with Gasteiger partial charge < -0.3 is 19.5 Å². The van der Waals surface area contributed by atoms with Gasteiger partial charge in [-0.1, -0.05) is 25.4 Å². The molecule has 0 unspecified atom stereocenters. The van der Waals surface area contributed by atoms with E-state index in [2.05, 4.69) is 10.6 Å². The number of carbonyl (C=O) groups excluding carboxylic acids is 3. The molecule has 0 fully saturated rings. The lowest BCUT2D eigenvalue weighted by Crippen LogP contribution is -2.44. The first-order valence-electron chi connectivity index (χ1n) is 9.18. The van der Waals surface area contributed by atoms with Gasteiger partial charge in [0.15, 0.2) is 18.1 Å². The van der Waals surface area contributed by atoms with Gasteiger partial charge in [-0.2, -0.15) is 0 Å². The molecule has 1 aromatic carbocycles. The summed E-state index contributed by atoms with van der Waals surface area (Å²) in [4.78, 5) is 35.6. The molecule has 0 aromatic heterocycles. The van der Waals surface area contributed by atoms with E-state index in [1.54, 1.807) is 13.8 Å². The third-order valence-corrected chi connectivity index (χ3v) is 3.85. The van der Waals surface area contributed by atoms with E-state index < -0.39 is 24.5 Å². The summed E-state index contributed by atoms with van der Waals surface area (Å²) in [5, 5.41) is 4.86. The van der Waals surface area contributed by atoms with Crippen LogP contribution in [0.1, 0.15) is 50.9 Å². The largest absolute Gasteiger partial charge is 0.490 e. The number of imide groups is 1. The third-order valence-electron chi connectivity index (χ3n) is 3.57. The van der Waals surface area contributed by atoms with E-state index >= 15 is 0 Å². The second-order valence-electron chi connectivity index (χ2n) is 5.97. The van der Waals surface area contributed by atoms with Crippen LogP contribution in [0.25, 0.3) is 0 Å². The minimum Gasteiger partial charge on any atom is -0.490 e. The van der Waals surface area contributed by atoms with E-state index in [1.807, 2.05) is 13.8 Å². The van der Waals surface area contributed by atoms with Crippen LogP contribution in [0.3, 0.4) is 0 Å². The number of hydrogen-bond acceptors (Lipinski definition) is 6. The molecular formula is C19H27ClN2O6. The van der Waals surface area contributed by atoms with E-state index in [0.29, 0.717) is 24.7 Å². The number of rotatable bonds is 10. The molecule has 1 rings (SSSR count). The van der Waals surface area contributed by atoms with Crippen LogP contribution in [0, 0.1) is 0 Å². The van der Waals surface area contributed by atoms with E-state index in [1.165, 1.54) is 12.1 Å². The molecule has 0 aliphatic rings. The number of esters is 1. The molecule has 0 spiro atoms. The van der Waals surface area contributed by atoms with Gasteiger partial charge in [0.2, 0.25) is 0 Å². The van der Waals surface area contributed by atoms with Crippen molar-refractivity contribution in [3.63, 3.8) is 0 Å². The van der Waals surface area contributed by atoms with Crippen LogP contribution < -0.4 is 20.1 Å². The summed E-state index contributed by atoms with van der Waals surface area (Å²) >= 11 is 6.20. The highest BCUT2D eigenvalue weighted by Gasteiger charge is 2.18. The highest BCUT2D eigenvalue weighted by Crippen LogP contribution is 2.37. The van der Waals surface area contributed by atoms with Gasteiger partial charge in [0.1, 0.15) is 0 Å². The Labute approximate surface area is 169 Å². The molecule has 0 saturated carbocycles. The Kier molecular flexibility index (Phi) is 10.2. The topological polar surface area (TPSA) is 103 Å². The minimum absolute atomic E-state index is 0.0806. The minimum atomic E-state index is -0.776. The monoisotopic (exact) mass is 414 g/mol. The summed E-state index contributed by atoms with van der Waals surface area (Å²) in [6.07, 6.45) is 1.50. The van der Waals surface area contributed by atoms with Gasteiger partial charge in [-0.3, -0.25) is 10.1 Å². The number of benzene rings is 1. The zero-order chi connectivity index (χ0) is 21.1. The highest BCUT2D eigenvalue weighted by molar-refractivity contribution is 6.32. The Hall–Kier alpha value is -2.48. The Morgan fingerprint density at radius 1 is 1.14 bits per heavy atom. The lowest BCUT2D eigenvalue weighted by Gasteiger charge is -2.15. The van der Waals surface area contributed by atoms with Crippen molar-refractivity contribution in [2.45, 2.75) is 46.6 Å². The van der Waals surface area contributed by atoms with Crippen molar-refractivity contribution in [2.75, 3.05) is 19.8 Å². The molecule has 8 nitrogen and oxygen atoms in total. The predicted octanol–water partition coefficient (Wildman–Crippen LogP) is 3.31. The molecular weight excluding hydrogens is 388 g/mol. The van der Waals surface area contributed by atoms with Crippen molar-refractivity contribution < 1.29 is 28.6 Å². The molecule has 0 aliphatic carbocycles. The molecule has 3 amide bonds. The van der Waals surface area contributed by atoms with Gasteiger partial charge in [0, 0.05) is 6.04 Å². The van der Waals surface area contributed by atoms with E-state index in [0.717, 1.165) is 12.8 Å². The fraction of sp³-hybridized carbons (Fsp3) is 0.526. The summed E-state index contributed by atoms with van der Waals surface area (Å²) in [6, 6.07) is 2.10. The zero-order valence-corrected chi connectivity index (χ0v) is 17.4. The number of ether oxygens (including phenoxy) is 3. The number of halogens is 1. The third kappa shape index (κ3) is 7.64. The first-order valence-corrected chi connectivity index (χ1v) is 9.56. The highest BCUT2D eigenvalue weighted by atomic mass is 35.5. The number of nitrogens with one attached hydrogen (secondary N) is 2. The number of urea groups is 1. The molecule has 9 heteroatoms. The molecule has 0 heterocycles. The standard InChI is InChI=1S/C19H27ClN2O6/c1-5-8-27-17-14(20)9-13(10-15(17)26-7-3)18(24)28-11-16(23)22-19(25)21-12(4)6-2/h9-10,12H,5-8,11H2,1-4H3,(H2,21,22,23,25)/t12-/m1/s1. The van der Waals surface area contributed by atoms with E-state index in [9.17, 15) is 14.4 Å². The maximum Gasteiger partial charge on any atom is 0.338 e. The SMILES string of the molecule is CCCOc1c(Cl)cc(C(=O)OCC(=O)NC(=O)N[C@H](C)CC)cc1OCC. The summed E-state index contributed by atoms with van der Waals surface area (Å²) in [5.41, 5.74) is 0.106. The van der Waals surface area contributed by atoms with Gasteiger partial charge >= 0.3 is 12.0 Å². The van der Waals surface area contributed by atoms with Crippen molar-refractivity contribution >= 4 is 29.5 Å².